The predicted molar refractivity (Wildman–Crippen MR) is 45.6 cm³/mol. The molecule has 1 saturated heterocycles. The largest absolute Gasteiger partial charge is 0.464 e. The van der Waals surface area contributed by atoms with Crippen molar-refractivity contribution in [3.8, 4) is 11.8 Å². The molecule has 1 aliphatic heterocycles. The lowest BCUT2D eigenvalue weighted by molar-refractivity contribution is -0.144. The van der Waals surface area contributed by atoms with Crippen molar-refractivity contribution in [2.75, 3.05) is 6.61 Å². The van der Waals surface area contributed by atoms with Crippen LogP contribution in [0.25, 0.3) is 0 Å². The van der Waals surface area contributed by atoms with Gasteiger partial charge in [0, 0.05) is 6.42 Å². The second-order valence-electron chi connectivity index (χ2n) is 3.05. The van der Waals surface area contributed by atoms with Crippen LogP contribution in [0.1, 0.15) is 20.3 Å². The van der Waals surface area contributed by atoms with Gasteiger partial charge in [0.15, 0.2) is 0 Å². The molecule has 0 bridgehead atoms. The Hall–Kier alpha value is -1.50. The van der Waals surface area contributed by atoms with E-state index < -0.39 is 17.4 Å². The maximum atomic E-state index is 11.2. The highest BCUT2D eigenvalue weighted by Gasteiger charge is 2.40. The number of cyclic esters (lactones) is 1. The number of esters is 1. The summed E-state index contributed by atoms with van der Waals surface area (Å²) in [6, 6.07) is 0. The molecule has 0 aliphatic carbocycles. The van der Waals surface area contributed by atoms with E-state index >= 15 is 0 Å². The van der Waals surface area contributed by atoms with Gasteiger partial charge in [0.2, 0.25) is 0 Å². The van der Waals surface area contributed by atoms with E-state index in [1.54, 1.807) is 13.8 Å². The third kappa shape index (κ3) is 2.00. The van der Waals surface area contributed by atoms with Gasteiger partial charge in [0.1, 0.15) is 5.54 Å². The Morgan fingerprint density at radius 1 is 1.69 bits per heavy atom. The first-order valence-corrected chi connectivity index (χ1v) is 4.00. The average molecular weight is 181 g/mol. The van der Waals surface area contributed by atoms with E-state index in [0.717, 1.165) is 0 Å². The fourth-order valence-electron chi connectivity index (χ4n) is 1.12. The molecule has 1 rings (SSSR count). The van der Waals surface area contributed by atoms with Gasteiger partial charge in [-0.2, -0.15) is 0 Å². The molecule has 4 heteroatoms. The molecule has 0 spiro atoms. The molecule has 1 N–H and O–H groups in total. The molecule has 1 fully saturated rings. The van der Waals surface area contributed by atoms with Gasteiger partial charge in [-0.1, -0.05) is 5.92 Å². The van der Waals surface area contributed by atoms with Crippen LogP contribution >= 0.6 is 0 Å². The monoisotopic (exact) mass is 181 g/mol. The summed E-state index contributed by atoms with van der Waals surface area (Å²) in [6.45, 7) is 3.56. The average Bonchev–Trinajstić information content (AvgIpc) is 2.32. The van der Waals surface area contributed by atoms with Crippen LogP contribution in [0.2, 0.25) is 0 Å². The summed E-state index contributed by atoms with van der Waals surface area (Å²) in [5.74, 6) is 3.94. The van der Waals surface area contributed by atoms with E-state index in [4.69, 9.17) is 4.74 Å². The molecule has 0 aromatic carbocycles. The lowest BCUT2D eigenvalue weighted by atomic mass is 10.0. The maximum Gasteiger partial charge on any atom is 0.331 e. The predicted octanol–water partition coefficient (Wildman–Crippen LogP) is -0.168. The van der Waals surface area contributed by atoms with Gasteiger partial charge in [-0.15, -0.1) is 0 Å². The summed E-state index contributed by atoms with van der Waals surface area (Å²) in [5, 5.41) is 2.52. The molecule has 4 nitrogen and oxygen atoms in total. The minimum Gasteiger partial charge on any atom is -0.464 e. The Morgan fingerprint density at radius 2 is 2.38 bits per heavy atom. The molecule has 1 amide bonds. The topological polar surface area (TPSA) is 55.4 Å². The molecular formula is C9H11NO3. The van der Waals surface area contributed by atoms with Crippen LogP contribution < -0.4 is 5.32 Å². The van der Waals surface area contributed by atoms with Crippen molar-refractivity contribution >= 4 is 11.9 Å². The summed E-state index contributed by atoms with van der Waals surface area (Å²) < 4.78 is 4.75. The van der Waals surface area contributed by atoms with Gasteiger partial charge in [-0.05, 0) is 19.8 Å². The fourth-order valence-corrected chi connectivity index (χ4v) is 1.12. The number of carbonyl (C=O) groups is 2. The summed E-state index contributed by atoms with van der Waals surface area (Å²) >= 11 is 0. The number of ether oxygens (including phenoxy) is 1. The minimum absolute atomic E-state index is 0.356. The molecule has 0 aromatic heterocycles. The molecule has 0 aromatic rings. The minimum atomic E-state index is -0.888. The van der Waals surface area contributed by atoms with Crippen LogP contribution in [0.4, 0.5) is 0 Å². The molecule has 1 heterocycles. The number of nitrogens with one attached hydrogen (secondary N) is 1. The van der Waals surface area contributed by atoms with Crippen LogP contribution in [0.3, 0.4) is 0 Å². The van der Waals surface area contributed by atoms with E-state index in [-0.39, 0.29) is 0 Å². The van der Waals surface area contributed by atoms with Crippen LogP contribution in [0, 0.1) is 11.8 Å². The highest BCUT2D eigenvalue weighted by atomic mass is 16.5. The van der Waals surface area contributed by atoms with Gasteiger partial charge >= 0.3 is 5.97 Å². The number of hydrogen-bond acceptors (Lipinski definition) is 3. The zero-order valence-electron chi connectivity index (χ0n) is 7.64. The highest BCUT2D eigenvalue weighted by Crippen LogP contribution is 2.18. The normalized spacial score (nSPS) is 25.8. The van der Waals surface area contributed by atoms with E-state index in [9.17, 15) is 9.59 Å². The SMILES string of the molecule is CC#CC(=O)NC1(C)CCOC1=O. The van der Waals surface area contributed by atoms with Gasteiger partial charge < -0.3 is 10.1 Å². The molecule has 1 atom stereocenters. The zero-order chi connectivity index (χ0) is 9.90. The maximum absolute atomic E-state index is 11.2. The van der Waals surface area contributed by atoms with Crippen LogP contribution in [-0.2, 0) is 14.3 Å². The lowest BCUT2D eigenvalue weighted by Crippen LogP contribution is -2.49. The standard InChI is InChI=1S/C9H11NO3/c1-3-4-7(11)10-9(2)5-6-13-8(9)12/h5-6H2,1-2H3,(H,10,11). The Morgan fingerprint density at radius 3 is 2.85 bits per heavy atom. The first kappa shape index (κ1) is 9.59. The van der Waals surface area contributed by atoms with Crippen LogP contribution in [0.15, 0.2) is 0 Å². The number of hydrogen-bond donors (Lipinski definition) is 1. The second kappa shape index (κ2) is 3.48. The molecule has 1 unspecified atom stereocenters. The second-order valence-corrected chi connectivity index (χ2v) is 3.05. The molecule has 1 aliphatic rings. The Balaban J connectivity index is 2.65. The van der Waals surface area contributed by atoms with E-state index in [0.29, 0.717) is 13.0 Å². The van der Waals surface area contributed by atoms with Crippen molar-refractivity contribution < 1.29 is 14.3 Å². The molecule has 0 saturated carbocycles. The smallest absolute Gasteiger partial charge is 0.331 e. The van der Waals surface area contributed by atoms with Gasteiger partial charge in [-0.3, -0.25) is 4.79 Å². The van der Waals surface area contributed by atoms with E-state index in [1.165, 1.54) is 0 Å². The Bertz CT molecular complexity index is 300. The fraction of sp³-hybridized carbons (Fsp3) is 0.556. The first-order chi connectivity index (χ1) is 6.08. The molecule has 13 heavy (non-hydrogen) atoms. The van der Waals surface area contributed by atoms with Crippen molar-refractivity contribution in [2.24, 2.45) is 0 Å². The summed E-state index contributed by atoms with van der Waals surface area (Å²) in [7, 11) is 0. The quantitative estimate of drug-likeness (QED) is 0.451. The van der Waals surface area contributed by atoms with Gasteiger partial charge in [-0.25, -0.2) is 4.79 Å². The van der Waals surface area contributed by atoms with Crippen LogP contribution in [0.5, 0.6) is 0 Å². The van der Waals surface area contributed by atoms with E-state index in [2.05, 4.69) is 17.2 Å². The van der Waals surface area contributed by atoms with Crippen LogP contribution in [-0.4, -0.2) is 24.0 Å². The third-order valence-electron chi connectivity index (χ3n) is 1.91. The van der Waals surface area contributed by atoms with E-state index in [1.807, 2.05) is 0 Å². The number of carbonyl (C=O) groups excluding carboxylic acids is 2. The Labute approximate surface area is 76.6 Å². The van der Waals surface area contributed by atoms with Gasteiger partial charge in [0.25, 0.3) is 5.91 Å². The summed E-state index contributed by atoms with van der Waals surface area (Å²) in [5.41, 5.74) is -0.888. The van der Waals surface area contributed by atoms with Crippen molar-refractivity contribution in [1.29, 1.82) is 0 Å². The van der Waals surface area contributed by atoms with Crippen molar-refractivity contribution in [1.82, 2.24) is 5.32 Å². The molecular weight excluding hydrogens is 170 g/mol. The van der Waals surface area contributed by atoms with Crippen molar-refractivity contribution in [3.63, 3.8) is 0 Å². The number of rotatable bonds is 1. The molecule has 70 valence electrons. The lowest BCUT2D eigenvalue weighted by Gasteiger charge is -2.18. The number of amides is 1. The van der Waals surface area contributed by atoms with Crippen molar-refractivity contribution in [3.05, 3.63) is 0 Å². The first-order valence-electron chi connectivity index (χ1n) is 4.00. The molecule has 0 radical (unpaired) electrons. The summed E-state index contributed by atoms with van der Waals surface area (Å²) in [4.78, 5) is 22.2. The van der Waals surface area contributed by atoms with Gasteiger partial charge in [0.05, 0.1) is 6.61 Å². The highest BCUT2D eigenvalue weighted by molar-refractivity contribution is 5.97. The Kier molecular flexibility index (Phi) is 2.57. The summed E-state index contributed by atoms with van der Waals surface area (Å²) in [6.07, 6.45) is 0.503. The van der Waals surface area contributed by atoms with Crippen molar-refractivity contribution in [2.45, 2.75) is 25.8 Å². The third-order valence-corrected chi connectivity index (χ3v) is 1.91. The zero-order valence-corrected chi connectivity index (χ0v) is 7.64.